The van der Waals surface area contributed by atoms with Crippen LogP contribution in [0.3, 0.4) is 0 Å². The van der Waals surface area contributed by atoms with Crippen LogP contribution in [0, 0.1) is 11.6 Å². The zero-order chi connectivity index (χ0) is 14.3. The lowest BCUT2D eigenvalue weighted by Gasteiger charge is -2.17. The lowest BCUT2D eigenvalue weighted by atomic mass is 10.3. The highest BCUT2D eigenvalue weighted by molar-refractivity contribution is 5.76. The number of hydrogen-bond acceptors (Lipinski definition) is 4. The second-order valence-electron chi connectivity index (χ2n) is 3.73. The summed E-state index contributed by atoms with van der Waals surface area (Å²) >= 11 is 0. The van der Waals surface area contributed by atoms with Gasteiger partial charge >= 0.3 is 5.97 Å². The van der Waals surface area contributed by atoms with Gasteiger partial charge in [-0.3, -0.25) is 4.79 Å². The Morgan fingerprint density at radius 1 is 1.37 bits per heavy atom. The maximum absolute atomic E-state index is 13.4. The van der Waals surface area contributed by atoms with Gasteiger partial charge in [-0.15, -0.1) is 0 Å². The van der Waals surface area contributed by atoms with Crippen LogP contribution in [0.4, 0.5) is 8.78 Å². The average Bonchev–Trinajstić information content (AvgIpc) is 2.39. The first-order chi connectivity index (χ1) is 9.10. The van der Waals surface area contributed by atoms with Gasteiger partial charge in [-0.25, -0.2) is 4.39 Å². The van der Waals surface area contributed by atoms with Crippen molar-refractivity contribution in [1.82, 2.24) is 5.32 Å². The largest absolute Gasteiger partial charge is 0.488 e. The maximum Gasteiger partial charge on any atom is 0.326 e. The van der Waals surface area contributed by atoms with Crippen molar-refractivity contribution in [2.45, 2.75) is 19.9 Å². The van der Waals surface area contributed by atoms with Crippen molar-refractivity contribution in [2.24, 2.45) is 0 Å². The summed E-state index contributed by atoms with van der Waals surface area (Å²) in [7, 11) is 0. The van der Waals surface area contributed by atoms with Crippen molar-refractivity contribution in [3.63, 3.8) is 0 Å². The lowest BCUT2D eigenvalue weighted by molar-refractivity contribution is -0.146. The van der Waals surface area contributed by atoms with E-state index in [0.717, 1.165) is 6.07 Å². The zero-order valence-electron chi connectivity index (χ0n) is 10.9. The van der Waals surface area contributed by atoms with Gasteiger partial charge in [0.1, 0.15) is 12.6 Å². The molecule has 1 N–H and O–H groups in total. The van der Waals surface area contributed by atoms with Crippen LogP contribution in [0.5, 0.6) is 5.75 Å². The van der Waals surface area contributed by atoms with E-state index in [1.807, 2.05) is 6.92 Å². The van der Waals surface area contributed by atoms with Crippen LogP contribution in [-0.2, 0) is 9.53 Å². The molecule has 1 unspecified atom stereocenters. The van der Waals surface area contributed by atoms with Crippen LogP contribution in [0.25, 0.3) is 0 Å². The topological polar surface area (TPSA) is 47.6 Å². The molecule has 1 aromatic carbocycles. The fraction of sp³-hybridized carbons (Fsp3) is 0.462. The lowest BCUT2D eigenvalue weighted by Crippen LogP contribution is -2.42. The van der Waals surface area contributed by atoms with E-state index in [1.54, 1.807) is 6.92 Å². The van der Waals surface area contributed by atoms with Crippen LogP contribution in [-0.4, -0.2) is 31.8 Å². The number of ether oxygens (including phenoxy) is 2. The summed E-state index contributed by atoms with van der Waals surface area (Å²) in [6, 6.07) is 2.91. The van der Waals surface area contributed by atoms with E-state index in [4.69, 9.17) is 9.47 Å². The molecule has 0 fully saturated rings. The van der Waals surface area contributed by atoms with Gasteiger partial charge in [-0.1, -0.05) is 13.0 Å². The molecule has 106 valence electrons. The molecule has 0 spiro atoms. The molecular formula is C13H17F2NO3. The van der Waals surface area contributed by atoms with E-state index in [2.05, 4.69) is 5.32 Å². The van der Waals surface area contributed by atoms with Gasteiger partial charge in [-0.2, -0.15) is 4.39 Å². The van der Waals surface area contributed by atoms with Crippen LogP contribution in [0.15, 0.2) is 18.2 Å². The molecule has 0 amide bonds. The standard InChI is InChI=1S/C13H17F2NO3/c1-3-16-10(13(17)18-4-2)8-19-11-7-5-6-9(14)12(11)15/h5-7,10,16H,3-4,8H2,1-2H3. The van der Waals surface area contributed by atoms with Crippen molar-refractivity contribution in [1.29, 1.82) is 0 Å². The molecule has 0 aliphatic rings. The van der Waals surface area contributed by atoms with Crippen LogP contribution >= 0.6 is 0 Å². The van der Waals surface area contributed by atoms with E-state index in [-0.39, 0.29) is 19.0 Å². The zero-order valence-corrected chi connectivity index (χ0v) is 10.9. The highest BCUT2D eigenvalue weighted by Gasteiger charge is 2.20. The molecule has 1 aromatic rings. The molecule has 0 bridgehead atoms. The molecule has 0 saturated heterocycles. The summed E-state index contributed by atoms with van der Waals surface area (Å²) in [6.45, 7) is 4.14. The molecule has 0 aliphatic heterocycles. The fourth-order valence-corrected chi connectivity index (χ4v) is 1.47. The van der Waals surface area contributed by atoms with E-state index in [0.29, 0.717) is 6.54 Å². The number of nitrogens with one attached hydrogen (secondary N) is 1. The molecule has 1 atom stereocenters. The SMILES string of the molecule is CCNC(COc1cccc(F)c1F)C(=O)OCC. The Labute approximate surface area is 110 Å². The van der Waals surface area contributed by atoms with Gasteiger partial charge in [0.2, 0.25) is 5.82 Å². The van der Waals surface area contributed by atoms with Crippen LogP contribution < -0.4 is 10.1 Å². The Morgan fingerprint density at radius 2 is 2.11 bits per heavy atom. The first-order valence-corrected chi connectivity index (χ1v) is 6.07. The summed E-state index contributed by atoms with van der Waals surface area (Å²) < 4.78 is 36.3. The highest BCUT2D eigenvalue weighted by atomic mass is 19.2. The van der Waals surface area contributed by atoms with E-state index in [9.17, 15) is 13.6 Å². The first kappa shape index (κ1) is 15.4. The third-order valence-corrected chi connectivity index (χ3v) is 2.34. The van der Waals surface area contributed by atoms with E-state index in [1.165, 1.54) is 12.1 Å². The second-order valence-corrected chi connectivity index (χ2v) is 3.73. The summed E-state index contributed by atoms with van der Waals surface area (Å²) in [5.41, 5.74) is 0. The minimum atomic E-state index is -1.07. The van der Waals surface area contributed by atoms with Gasteiger partial charge in [0.15, 0.2) is 11.6 Å². The summed E-state index contributed by atoms with van der Waals surface area (Å²) in [5, 5.41) is 2.86. The molecule has 0 radical (unpaired) electrons. The monoisotopic (exact) mass is 273 g/mol. The van der Waals surface area contributed by atoms with Gasteiger partial charge in [0.25, 0.3) is 0 Å². The number of halogens is 2. The molecule has 0 aromatic heterocycles. The molecule has 19 heavy (non-hydrogen) atoms. The molecular weight excluding hydrogens is 256 g/mol. The second kappa shape index (κ2) is 7.68. The summed E-state index contributed by atoms with van der Waals surface area (Å²) in [5.74, 6) is -2.77. The van der Waals surface area contributed by atoms with Gasteiger partial charge < -0.3 is 14.8 Å². The van der Waals surface area contributed by atoms with Crippen LogP contribution in [0.1, 0.15) is 13.8 Å². The Hall–Kier alpha value is -1.69. The van der Waals surface area contributed by atoms with Crippen LogP contribution in [0.2, 0.25) is 0 Å². The third-order valence-electron chi connectivity index (χ3n) is 2.34. The number of esters is 1. The molecule has 6 heteroatoms. The number of benzene rings is 1. The summed E-state index contributed by atoms with van der Waals surface area (Å²) in [4.78, 5) is 11.6. The summed E-state index contributed by atoms with van der Waals surface area (Å²) in [6.07, 6.45) is 0. The fourth-order valence-electron chi connectivity index (χ4n) is 1.47. The molecule has 0 saturated carbocycles. The highest BCUT2D eigenvalue weighted by Crippen LogP contribution is 2.19. The Balaban J connectivity index is 2.65. The van der Waals surface area contributed by atoms with E-state index < -0.39 is 23.6 Å². The predicted octanol–water partition coefficient (Wildman–Crippen LogP) is 1.88. The van der Waals surface area contributed by atoms with E-state index >= 15 is 0 Å². The van der Waals surface area contributed by atoms with Crippen molar-refractivity contribution in [3.05, 3.63) is 29.8 Å². The normalized spacial score (nSPS) is 12.0. The van der Waals surface area contributed by atoms with Gasteiger partial charge in [0.05, 0.1) is 6.61 Å². The number of carbonyl (C=O) groups is 1. The van der Waals surface area contributed by atoms with Crippen molar-refractivity contribution in [3.8, 4) is 5.75 Å². The van der Waals surface area contributed by atoms with Crippen molar-refractivity contribution >= 4 is 5.97 Å². The quantitative estimate of drug-likeness (QED) is 0.771. The number of hydrogen-bond donors (Lipinski definition) is 1. The number of rotatable bonds is 7. The minimum absolute atomic E-state index is 0.132. The van der Waals surface area contributed by atoms with Gasteiger partial charge in [0, 0.05) is 0 Å². The maximum atomic E-state index is 13.4. The first-order valence-electron chi connectivity index (χ1n) is 6.07. The molecule has 0 aliphatic carbocycles. The number of likely N-dealkylation sites (N-methyl/N-ethyl adjacent to an activating group) is 1. The van der Waals surface area contributed by atoms with Gasteiger partial charge in [-0.05, 0) is 25.6 Å². The molecule has 1 rings (SSSR count). The molecule has 0 heterocycles. The molecule has 4 nitrogen and oxygen atoms in total. The smallest absolute Gasteiger partial charge is 0.326 e. The Bertz CT molecular complexity index is 426. The third kappa shape index (κ3) is 4.48. The Kier molecular flexibility index (Phi) is 6.21. The van der Waals surface area contributed by atoms with Crippen molar-refractivity contribution < 1.29 is 23.0 Å². The predicted molar refractivity (Wildman–Crippen MR) is 66.0 cm³/mol. The number of carbonyl (C=O) groups excluding carboxylic acids is 1. The average molecular weight is 273 g/mol. The minimum Gasteiger partial charge on any atom is -0.488 e. The van der Waals surface area contributed by atoms with Crippen molar-refractivity contribution in [2.75, 3.05) is 19.8 Å². The Morgan fingerprint density at radius 3 is 2.74 bits per heavy atom.